The van der Waals surface area contributed by atoms with Gasteiger partial charge in [0.15, 0.2) is 11.5 Å². The molecule has 1 unspecified atom stereocenters. The molecule has 16 heavy (non-hydrogen) atoms. The highest BCUT2D eigenvalue weighted by atomic mass is 79.9. The third kappa shape index (κ3) is 2.18. The highest BCUT2D eigenvalue weighted by Crippen LogP contribution is 2.41. The molecule has 1 aromatic carbocycles. The minimum absolute atomic E-state index is 0.146. The molecule has 0 saturated heterocycles. The first-order valence-electron chi connectivity index (χ1n) is 5.42. The van der Waals surface area contributed by atoms with E-state index in [2.05, 4.69) is 28.9 Å². The maximum atomic E-state index is 5.83. The number of nitrogens with two attached hydrogens (primary N) is 1. The minimum atomic E-state index is 0.146. The number of fused-ring (bicyclic) bond motifs is 1. The van der Waals surface area contributed by atoms with Gasteiger partial charge < -0.3 is 15.2 Å². The topological polar surface area (TPSA) is 44.5 Å². The second-order valence-electron chi connectivity index (χ2n) is 4.18. The third-order valence-corrected chi connectivity index (χ3v) is 3.25. The Morgan fingerprint density at radius 1 is 1.38 bits per heavy atom. The summed E-state index contributed by atoms with van der Waals surface area (Å²) in [6.07, 6.45) is 0.848. The van der Waals surface area contributed by atoms with Crippen molar-refractivity contribution in [1.29, 1.82) is 0 Å². The summed E-state index contributed by atoms with van der Waals surface area (Å²) < 4.78 is 12.2. The molecule has 88 valence electrons. The largest absolute Gasteiger partial charge is 0.486 e. The summed E-state index contributed by atoms with van der Waals surface area (Å²) in [7, 11) is 0. The van der Waals surface area contributed by atoms with Crippen LogP contribution >= 0.6 is 15.9 Å². The zero-order valence-electron chi connectivity index (χ0n) is 9.55. The first-order valence-corrected chi connectivity index (χ1v) is 6.22. The van der Waals surface area contributed by atoms with E-state index < -0.39 is 0 Å². The molecule has 0 bridgehead atoms. The quantitative estimate of drug-likeness (QED) is 0.908. The third-order valence-electron chi connectivity index (χ3n) is 2.66. The average molecular weight is 286 g/mol. The van der Waals surface area contributed by atoms with Crippen LogP contribution in [-0.2, 0) is 6.42 Å². The van der Waals surface area contributed by atoms with Crippen LogP contribution in [-0.4, -0.2) is 19.3 Å². The molecular formula is C12H16BrNO2. The molecule has 1 aromatic rings. The van der Waals surface area contributed by atoms with Gasteiger partial charge in [0.2, 0.25) is 0 Å². The van der Waals surface area contributed by atoms with Crippen molar-refractivity contribution in [3.8, 4) is 11.5 Å². The number of hydrogen-bond donors (Lipinski definition) is 1. The number of benzene rings is 1. The molecule has 2 N–H and O–H groups in total. The normalized spacial score (nSPS) is 16.0. The van der Waals surface area contributed by atoms with Crippen LogP contribution in [0.1, 0.15) is 18.1 Å². The van der Waals surface area contributed by atoms with E-state index in [9.17, 15) is 0 Å². The van der Waals surface area contributed by atoms with Gasteiger partial charge in [-0.3, -0.25) is 0 Å². The molecule has 2 rings (SSSR count). The van der Waals surface area contributed by atoms with Crippen molar-refractivity contribution in [1.82, 2.24) is 0 Å². The predicted octanol–water partition coefficient (Wildman–Crippen LogP) is 2.42. The Bertz CT molecular complexity index is 404. The summed E-state index contributed by atoms with van der Waals surface area (Å²) in [6.45, 7) is 5.28. The van der Waals surface area contributed by atoms with Crippen LogP contribution < -0.4 is 15.2 Å². The van der Waals surface area contributed by atoms with Crippen molar-refractivity contribution in [2.45, 2.75) is 26.3 Å². The first-order chi connectivity index (χ1) is 7.59. The van der Waals surface area contributed by atoms with Crippen molar-refractivity contribution in [2.75, 3.05) is 13.2 Å². The van der Waals surface area contributed by atoms with Gasteiger partial charge in [-0.25, -0.2) is 0 Å². The van der Waals surface area contributed by atoms with E-state index in [0.29, 0.717) is 13.2 Å². The van der Waals surface area contributed by atoms with E-state index in [1.54, 1.807) is 0 Å². The zero-order valence-corrected chi connectivity index (χ0v) is 11.1. The summed E-state index contributed by atoms with van der Waals surface area (Å²) >= 11 is 3.51. The van der Waals surface area contributed by atoms with Crippen molar-refractivity contribution < 1.29 is 9.47 Å². The fourth-order valence-corrected chi connectivity index (χ4v) is 2.48. The number of ether oxygens (including phenoxy) is 2. The van der Waals surface area contributed by atoms with Gasteiger partial charge in [-0.1, -0.05) is 0 Å². The molecule has 1 aliphatic heterocycles. The van der Waals surface area contributed by atoms with Crippen molar-refractivity contribution >= 4 is 15.9 Å². The molecule has 3 nitrogen and oxygen atoms in total. The summed E-state index contributed by atoms with van der Waals surface area (Å²) in [5.41, 5.74) is 8.18. The van der Waals surface area contributed by atoms with Crippen LogP contribution in [0.4, 0.5) is 0 Å². The molecule has 4 heteroatoms. The lowest BCUT2D eigenvalue weighted by Crippen LogP contribution is -2.20. The monoisotopic (exact) mass is 285 g/mol. The Morgan fingerprint density at radius 2 is 2.00 bits per heavy atom. The smallest absolute Gasteiger partial charge is 0.175 e. The van der Waals surface area contributed by atoms with Crippen LogP contribution in [0.3, 0.4) is 0 Å². The van der Waals surface area contributed by atoms with Crippen LogP contribution in [0.25, 0.3) is 0 Å². The molecule has 0 spiro atoms. The SMILES string of the molecule is Cc1c(CC(C)N)cc(Br)c2c1OCCO2. The Hall–Kier alpha value is -0.740. The summed E-state index contributed by atoms with van der Waals surface area (Å²) in [5, 5.41) is 0. The van der Waals surface area contributed by atoms with E-state index in [0.717, 1.165) is 28.0 Å². The lowest BCUT2D eigenvalue weighted by molar-refractivity contribution is 0.169. The van der Waals surface area contributed by atoms with Gasteiger partial charge in [0, 0.05) is 6.04 Å². The molecule has 0 amide bonds. The second kappa shape index (κ2) is 4.63. The number of rotatable bonds is 2. The maximum absolute atomic E-state index is 5.83. The standard InChI is InChI=1S/C12H16BrNO2/c1-7(14)5-9-6-10(13)12-11(8(9)2)15-3-4-16-12/h6-7H,3-5,14H2,1-2H3. The molecule has 0 saturated carbocycles. The van der Waals surface area contributed by atoms with Crippen LogP contribution in [0.15, 0.2) is 10.5 Å². The van der Waals surface area contributed by atoms with Gasteiger partial charge in [-0.2, -0.15) is 0 Å². The highest BCUT2D eigenvalue weighted by molar-refractivity contribution is 9.10. The van der Waals surface area contributed by atoms with Crippen molar-refractivity contribution in [2.24, 2.45) is 5.73 Å². The van der Waals surface area contributed by atoms with Crippen LogP contribution in [0.2, 0.25) is 0 Å². The molecule has 1 heterocycles. The average Bonchev–Trinajstić information content (AvgIpc) is 2.25. The molecule has 0 aliphatic carbocycles. The van der Waals surface area contributed by atoms with E-state index in [1.165, 1.54) is 5.56 Å². The zero-order chi connectivity index (χ0) is 11.7. The summed E-state index contributed by atoms with van der Waals surface area (Å²) in [4.78, 5) is 0. The molecule has 1 atom stereocenters. The van der Waals surface area contributed by atoms with Crippen LogP contribution in [0.5, 0.6) is 11.5 Å². The van der Waals surface area contributed by atoms with Gasteiger partial charge in [0.05, 0.1) is 4.47 Å². The Labute approximate surface area is 104 Å². The van der Waals surface area contributed by atoms with E-state index in [-0.39, 0.29) is 6.04 Å². The fourth-order valence-electron chi connectivity index (χ4n) is 1.91. The summed E-state index contributed by atoms with van der Waals surface area (Å²) in [6, 6.07) is 2.22. The van der Waals surface area contributed by atoms with Crippen molar-refractivity contribution in [3.63, 3.8) is 0 Å². The predicted molar refractivity (Wildman–Crippen MR) is 67.2 cm³/mol. The Kier molecular flexibility index (Phi) is 3.40. The van der Waals surface area contributed by atoms with Crippen molar-refractivity contribution in [3.05, 3.63) is 21.7 Å². The molecule has 0 fully saturated rings. The van der Waals surface area contributed by atoms with E-state index in [1.807, 2.05) is 6.92 Å². The van der Waals surface area contributed by atoms with E-state index in [4.69, 9.17) is 15.2 Å². The van der Waals surface area contributed by atoms with Gasteiger partial charge >= 0.3 is 0 Å². The first kappa shape index (κ1) is 11.7. The van der Waals surface area contributed by atoms with Gasteiger partial charge in [0.25, 0.3) is 0 Å². The number of halogens is 1. The molecule has 0 radical (unpaired) electrons. The maximum Gasteiger partial charge on any atom is 0.175 e. The lowest BCUT2D eigenvalue weighted by atomic mass is 10.0. The fraction of sp³-hybridized carbons (Fsp3) is 0.500. The van der Waals surface area contributed by atoms with Gasteiger partial charge in [0.1, 0.15) is 13.2 Å². The molecular weight excluding hydrogens is 270 g/mol. The molecule has 0 aromatic heterocycles. The van der Waals surface area contributed by atoms with E-state index >= 15 is 0 Å². The number of hydrogen-bond acceptors (Lipinski definition) is 3. The molecule has 1 aliphatic rings. The van der Waals surface area contributed by atoms with Gasteiger partial charge in [-0.15, -0.1) is 0 Å². The Morgan fingerprint density at radius 3 is 2.62 bits per heavy atom. The minimum Gasteiger partial charge on any atom is -0.486 e. The second-order valence-corrected chi connectivity index (χ2v) is 5.03. The highest BCUT2D eigenvalue weighted by Gasteiger charge is 2.20. The summed E-state index contributed by atoms with van der Waals surface area (Å²) in [5.74, 6) is 1.67. The lowest BCUT2D eigenvalue weighted by Gasteiger charge is -2.23. The van der Waals surface area contributed by atoms with Crippen LogP contribution in [0, 0.1) is 6.92 Å². The Balaban J connectivity index is 2.45. The van der Waals surface area contributed by atoms with Gasteiger partial charge in [-0.05, 0) is 53.4 Å².